The molecule has 0 aliphatic rings. The topological polar surface area (TPSA) is 125 Å². The molecule has 0 saturated heterocycles. The third-order valence-corrected chi connectivity index (χ3v) is 3.17. The van der Waals surface area contributed by atoms with E-state index in [-0.39, 0.29) is 11.4 Å². The molecule has 2 aromatic rings. The Morgan fingerprint density at radius 1 is 1.08 bits per heavy atom. The second kappa shape index (κ2) is 7.68. The van der Waals surface area contributed by atoms with E-state index in [2.05, 4.69) is 10.1 Å². The van der Waals surface area contributed by atoms with E-state index < -0.39 is 27.2 Å². The average molecular weight is 343 g/mol. The lowest BCUT2D eigenvalue weighted by molar-refractivity contribution is -0.393. The van der Waals surface area contributed by atoms with Crippen molar-refractivity contribution in [2.75, 3.05) is 12.4 Å². The van der Waals surface area contributed by atoms with Crippen molar-refractivity contribution in [3.8, 4) is 0 Å². The Kier molecular flexibility index (Phi) is 5.41. The van der Waals surface area contributed by atoms with Gasteiger partial charge in [-0.1, -0.05) is 30.3 Å². The zero-order valence-corrected chi connectivity index (χ0v) is 13.0. The van der Waals surface area contributed by atoms with Gasteiger partial charge in [0.1, 0.15) is 11.4 Å². The van der Waals surface area contributed by atoms with E-state index in [1.807, 2.05) is 0 Å². The largest absolute Gasteiger partial charge is 0.464 e. The lowest BCUT2D eigenvalue weighted by Gasteiger charge is -2.10. The second-order valence-electron chi connectivity index (χ2n) is 4.80. The monoisotopic (exact) mass is 343 g/mol. The molecule has 1 N–H and O–H groups in total. The molecule has 0 fully saturated rings. The molecule has 0 radical (unpaired) electrons. The third kappa shape index (κ3) is 4.38. The van der Waals surface area contributed by atoms with E-state index in [1.54, 1.807) is 30.3 Å². The van der Waals surface area contributed by atoms with Gasteiger partial charge in [0.2, 0.25) is 0 Å². The molecule has 0 aliphatic carbocycles. The van der Waals surface area contributed by atoms with Crippen LogP contribution in [0.2, 0.25) is 0 Å². The van der Waals surface area contributed by atoms with Crippen molar-refractivity contribution in [2.45, 2.75) is 0 Å². The fourth-order valence-corrected chi connectivity index (χ4v) is 2.01. The molecule has 0 aromatic heterocycles. The van der Waals surface area contributed by atoms with Crippen molar-refractivity contribution in [3.05, 3.63) is 80.0 Å². The molecule has 0 heterocycles. The van der Waals surface area contributed by atoms with Crippen molar-refractivity contribution < 1.29 is 19.4 Å². The number of ether oxygens (including phenoxy) is 1. The van der Waals surface area contributed by atoms with Crippen LogP contribution in [-0.4, -0.2) is 22.9 Å². The standard InChI is InChI=1S/C16H13N3O6/c1-25-16(20)14(9-11-5-3-2-4-6-11)17-13-8-7-12(18(21)22)10-15(13)19(23)24/h2-10,17H,1H3/b14-9-. The normalized spacial score (nSPS) is 10.8. The summed E-state index contributed by atoms with van der Waals surface area (Å²) >= 11 is 0. The number of nitrogens with zero attached hydrogens (tertiary/aromatic N) is 2. The van der Waals surface area contributed by atoms with E-state index in [1.165, 1.54) is 13.2 Å². The lowest BCUT2D eigenvalue weighted by Crippen LogP contribution is -2.14. The first-order chi connectivity index (χ1) is 11.9. The van der Waals surface area contributed by atoms with E-state index >= 15 is 0 Å². The summed E-state index contributed by atoms with van der Waals surface area (Å²) in [5, 5.41) is 24.6. The Morgan fingerprint density at radius 2 is 1.76 bits per heavy atom. The van der Waals surface area contributed by atoms with Gasteiger partial charge in [0, 0.05) is 6.07 Å². The SMILES string of the molecule is COC(=O)/C(=C/c1ccccc1)Nc1ccc([N+](=O)[O-])cc1[N+](=O)[O-]. The van der Waals surface area contributed by atoms with Crippen molar-refractivity contribution in [1.29, 1.82) is 0 Å². The van der Waals surface area contributed by atoms with E-state index in [0.717, 1.165) is 18.2 Å². The van der Waals surface area contributed by atoms with Gasteiger partial charge in [0.15, 0.2) is 0 Å². The highest BCUT2D eigenvalue weighted by molar-refractivity contribution is 5.97. The Balaban J connectivity index is 2.45. The maximum Gasteiger partial charge on any atom is 0.354 e. The second-order valence-corrected chi connectivity index (χ2v) is 4.80. The molecule has 9 nitrogen and oxygen atoms in total. The van der Waals surface area contributed by atoms with Gasteiger partial charge in [0.25, 0.3) is 11.4 Å². The summed E-state index contributed by atoms with van der Waals surface area (Å²) in [7, 11) is 1.17. The molecule has 128 valence electrons. The van der Waals surface area contributed by atoms with E-state index in [4.69, 9.17) is 0 Å². The maximum absolute atomic E-state index is 11.9. The van der Waals surface area contributed by atoms with Crippen molar-refractivity contribution in [3.63, 3.8) is 0 Å². The molecule has 0 atom stereocenters. The van der Waals surface area contributed by atoms with Gasteiger partial charge >= 0.3 is 5.97 Å². The first-order valence-electron chi connectivity index (χ1n) is 6.97. The molecule has 2 aromatic carbocycles. The van der Waals surface area contributed by atoms with Crippen LogP contribution < -0.4 is 5.32 Å². The summed E-state index contributed by atoms with van der Waals surface area (Å²) in [5.41, 5.74) is -0.408. The number of hydrogen-bond donors (Lipinski definition) is 1. The summed E-state index contributed by atoms with van der Waals surface area (Å²) < 4.78 is 4.67. The fraction of sp³-hybridized carbons (Fsp3) is 0.0625. The van der Waals surface area contributed by atoms with Gasteiger partial charge < -0.3 is 10.1 Å². The number of non-ortho nitro benzene ring substituents is 1. The van der Waals surface area contributed by atoms with Crippen LogP contribution in [-0.2, 0) is 9.53 Å². The number of esters is 1. The van der Waals surface area contributed by atoms with Crippen molar-refractivity contribution in [2.24, 2.45) is 0 Å². The van der Waals surface area contributed by atoms with Gasteiger partial charge in [-0.2, -0.15) is 0 Å². The summed E-state index contributed by atoms with van der Waals surface area (Å²) in [6.45, 7) is 0. The smallest absolute Gasteiger partial charge is 0.354 e. The minimum absolute atomic E-state index is 0.0503. The van der Waals surface area contributed by atoms with Crippen LogP contribution in [0.5, 0.6) is 0 Å². The summed E-state index contributed by atoms with van der Waals surface area (Å²) in [6.07, 6.45) is 1.46. The number of rotatable bonds is 6. The van der Waals surface area contributed by atoms with Crippen LogP contribution in [0, 0.1) is 20.2 Å². The Hall–Kier alpha value is -3.75. The van der Waals surface area contributed by atoms with Crippen molar-refractivity contribution in [1.82, 2.24) is 0 Å². The van der Waals surface area contributed by atoms with Crippen molar-refractivity contribution >= 4 is 29.1 Å². The summed E-state index contributed by atoms with van der Waals surface area (Å²) in [6, 6.07) is 11.9. The van der Waals surface area contributed by atoms with E-state index in [9.17, 15) is 25.0 Å². The molecule has 0 saturated carbocycles. The number of carbonyl (C=O) groups excluding carboxylic acids is 1. The van der Waals surface area contributed by atoms with Gasteiger partial charge in [-0.15, -0.1) is 0 Å². The fourth-order valence-electron chi connectivity index (χ4n) is 2.01. The van der Waals surface area contributed by atoms with Gasteiger partial charge in [-0.25, -0.2) is 4.79 Å². The van der Waals surface area contributed by atoms with Gasteiger partial charge in [0.05, 0.1) is 23.0 Å². The van der Waals surface area contributed by atoms with Crippen LogP contribution in [0.3, 0.4) is 0 Å². The molecular formula is C16H13N3O6. The number of hydrogen-bond acceptors (Lipinski definition) is 7. The number of benzene rings is 2. The van der Waals surface area contributed by atoms with Crippen LogP contribution in [0.1, 0.15) is 5.56 Å². The average Bonchev–Trinajstić information content (AvgIpc) is 2.61. The molecule has 0 amide bonds. The molecule has 2 rings (SSSR count). The lowest BCUT2D eigenvalue weighted by atomic mass is 10.2. The minimum atomic E-state index is -0.771. The Labute approximate surface area is 141 Å². The van der Waals surface area contributed by atoms with Crippen LogP contribution in [0.4, 0.5) is 17.1 Å². The van der Waals surface area contributed by atoms with E-state index in [0.29, 0.717) is 5.56 Å². The number of nitrogens with one attached hydrogen (secondary N) is 1. The molecule has 0 unspecified atom stereocenters. The van der Waals surface area contributed by atoms with Gasteiger partial charge in [-0.3, -0.25) is 20.2 Å². The highest BCUT2D eigenvalue weighted by Crippen LogP contribution is 2.30. The predicted octanol–water partition coefficient (Wildman–Crippen LogP) is 3.13. The molecule has 0 aliphatic heterocycles. The number of anilines is 1. The zero-order valence-electron chi connectivity index (χ0n) is 13.0. The number of carbonyl (C=O) groups is 1. The number of nitro groups is 2. The first kappa shape index (κ1) is 17.6. The van der Waals surface area contributed by atoms with Crippen LogP contribution in [0.25, 0.3) is 6.08 Å². The number of nitro benzene ring substituents is 2. The minimum Gasteiger partial charge on any atom is -0.464 e. The van der Waals surface area contributed by atoms with Crippen LogP contribution >= 0.6 is 0 Å². The number of methoxy groups -OCH3 is 1. The molecule has 25 heavy (non-hydrogen) atoms. The summed E-state index contributed by atoms with van der Waals surface area (Å²) in [5.74, 6) is -0.739. The van der Waals surface area contributed by atoms with Crippen LogP contribution in [0.15, 0.2) is 54.2 Å². The molecular weight excluding hydrogens is 330 g/mol. The zero-order chi connectivity index (χ0) is 18.4. The Bertz CT molecular complexity index is 848. The maximum atomic E-state index is 11.9. The summed E-state index contributed by atoms with van der Waals surface area (Å²) in [4.78, 5) is 32.4. The highest BCUT2D eigenvalue weighted by Gasteiger charge is 2.22. The molecule has 9 heteroatoms. The third-order valence-electron chi connectivity index (χ3n) is 3.17. The predicted molar refractivity (Wildman–Crippen MR) is 89.8 cm³/mol. The molecule has 0 bridgehead atoms. The highest BCUT2D eigenvalue weighted by atomic mass is 16.6. The Morgan fingerprint density at radius 3 is 2.32 bits per heavy atom. The first-order valence-corrected chi connectivity index (χ1v) is 6.97. The van der Waals surface area contributed by atoms with Gasteiger partial charge in [-0.05, 0) is 17.7 Å². The quantitative estimate of drug-likeness (QED) is 0.370. The molecule has 0 spiro atoms.